The van der Waals surface area contributed by atoms with Gasteiger partial charge in [0.25, 0.3) is 0 Å². The Morgan fingerprint density at radius 2 is 1.47 bits per heavy atom. The number of benzene rings is 2. The summed E-state index contributed by atoms with van der Waals surface area (Å²) in [5.41, 5.74) is 2.06. The van der Waals surface area contributed by atoms with Crippen molar-refractivity contribution in [1.82, 2.24) is 0 Å². The Kier molecular flexibility index (Phi) is 2.48. The molecule has 0 N–H and O–H groups in total. The third-order valence-electron chi connectivity index (χ3n) is 2.83. The average molecular weight is 239 g/mol. The van der Waals surface area contributed by atoms with Crippen molar-refractivity contribution in [2.45, 2.75) is 6.04 Å². The smallest absolute Gasteiger partial charge is 0.133 e. The summed E-state index contributed by atoms with van der Waals surface area (Å²) < 4.78 is 5.83. The molecule has 0 fully saturated rings. The molecule has 82 valence electrons. The maximum absolute atomic E-state index is 5.83. The number of hydrogen-bond acceptors (Lipinski definition) is 3. The second-order valence-corrected chi connectivity index (χ2v) is 3.98. The van der Waals surface area contributed by atoms with Crippen molar-refractivity contribution >= 4 is 17.4 Å². The van der Waals surface area contributed by atoms with Gasteiger partial charge in [-0.05, 0) is 24.4 Å². The van der Waals surface area contributed by atoms with E-state index in [1.807, 2.05) is 48.5 Å². The van der Waals surface area contributed by atoms with Crippen LogP contribution in [0.5, 0.6) is 11.5 Å². The lowest BCUT2D eigenvalue weighted by molar-refractivity contribution is 0.448. The molecular formula is C14H9NOS. The molecule has 0 radical (unpaired) electrons. The lowest BCUT2D eigenvalue weighted by Gasteiger charge is -2.24. The van der Waals surface area contributed by atoms with E-state index in [1.54, 1.807) is 0 Å². The van der Waals surface area contributed by atoms with E-state index in [0.29, 0.717) is 0 Å². The number of hydrogen-bond donors (Lipinski definition) is 0. The van der Waals surface area contributed by atoms with Crippen molar-refractivity contribution in [3.05, 3.63) is 59.7 Å². The lowest BCUT2D eigenvalue weighted by atomic mass is 9.95. The van der Waals surface area contributed by atoms with Crippen LogP contribution in [0.4, 0.5) is 0 Å². The molecule has 0 unspecified atom stereocenters. The van der Waals surface area contributed by atoms with E-state index in [-0.39, 0.29) is 6.04 Å². The highest BCUT2D eigenvalue weighted by Gasteiger charge is 2.25. The van der Waals surface area contributed by atoms with E-state index >= 15 is 0 Å². The molecule has 0 bridgehead atoms. The molecule has 0 aliphatic carbocycles. The second kappa shape index (κ2) is 4.13. The fraction of sp³-hybridized carbons (Fsp3) is 0.0714. The van der Waals surface area contributed by atoms with Crippen molar-refractivity contribution < 1.29 is 4.74 Å². The van der Waals surface area contributed by atoms with Crippen LogP contribution in [0.2, 0.25) is 0 Å². The predicted octanol–water partition coefficient (Wildman–Crippen LogP) is 3.98. The molecule has 1 heterocycles. The molecule has 0 amide bonds. The molecule has 2 aromatic rings. The quantitative estimate of drug-likeness (QED) is 0.554. The largest absolute Gasteiger partial charge is 0.457 e. The summed E-state index contributed by atoms with van der Waals surface area (Å²) in [7, 11) is 0. The fourth-order valence-electron chi connectivity index (χ4n) is 2.08. The molecular weight excluding hydrogens is 230 g/mol. The van der Waals surface area contributed by atoms with Gasteiger partial charge in [0.15, 0.2) is 0 Å². The van der Waals surface area contributed by atoms with Gasteiger partial charge in [-0.2, -0.15) is 0 Å². The zero-order valence-electron chi connectivity index (χ0n) is 8.96. The predicted molar refractivity (Wildman–Crippen MR) is 69.8 cm³/mol. The van der Waals surface area contributed by atoms with Crippen LogP contribution in [0, 0.1) is 0 Å². The minimum atomic E-state index is -0.103. The maximum Gasteiger partial charge on any atom is 0.133 e. The summed E-state index contributed by atoms with van der Waals surface area (Å²) in [4.78, 5) is 4.25. The van der Waals surface area contributed by atoms with Crippen molar-refractivity contribution in [3.63, 3.8) is 0 Å². The van der Waals surface area contributed by atoms with Gasteiger partial charge in [0.2, 0.25) is 0 Å². The van der Waals surface area contributed by atoms with Crippen molar-refractivity contribution in [1.29, 1.82) is 0 Å². The lowest BCUT2D eigenvalue weighted by Crippen LogP contribution is -2.07. The van der Waals surface area contributed by atoms with Crippen LogP contribution in [0.15, 0.2) is 53.5 Å². The molecule has 0 saturated heterocycles. The van der Waals surface area contributed by atoms with Crippen LogP contribution < -0.4 is 4.74 Å². The molecule has 17 heavy (non-hydrogen) atoms. The highest BCUT2D eigenvalue weighted by atomic mass is 32.1. The van der Waals surface area contributed by atoms with E-state index < -0.39 is 0 Å². The molecule has 3 rings (SSSR count). The Morgan fingerprint density at radius 1 is 0.941 bits per heavy atom. The Bertz CT molecular complexity index is 572. The molecule has 0 aromatic heterocycles. The summed E-state index contributed by atoms with van der Waals surface area (Å²) in [6.07, 6.45) is 0. The molecule has 1 aliphatic rings. The fourth-order valence-corrected chi connectivity index (χ4v) is 2.18. The summed E-state index contributed by atoms with van der Waals surface area (Å²) in [6, 6.07) is 15.6. The topological polar surface area (TPSA) is 21.6 Å². The normalized spacial score (nSPS) is 12.9. The molecule has 0 spiro atoms. The minimum absolute atomic E-state index is 0.103. The number of para-hydroxylation sites is 2. The first-order valence-corrected chi connectivity index (χ1v) is 5.73. The molecule has 0 atom stereocenters. The minimum Gasteiger partial charge on any atom is -0.457 e. The Balaban J connectivity index is 2.24. The Hall–Kier alpha value is -1.96. The van der Waals surface area contributed by atoms with Gasteiger partial charge in [-0.25, -0.2) is 4.99 Å². The van der Waals surface area contributed by atoms with Crippen molar-refractivity contribution in [3.8, 4) is 11.5 Å². The third-order valence-corrected chi connectivity index (χ3v) is 2.93. The number of rotatable bonds is 1. The number of aliphatic imine (C=N–C) groups is 1. The van der Waals surface area contributed by atoms with Gasteiger partial charge in [-0.3, -0.25) is 0 Å². The van der Waals surface area contributed by atoms with E-state index in [4.69, 9.17) is 17.0 Å². The molecule has 2 aromatic carbocycles. The van der Waals surface area contributed by atoms with Gasteiger partial charge < -0.3 is 4.74 Å². The monoisotopic (exact) mass is 239 g/mol. The summed E-state index contributed by atoms with van der Waals surface area (Å²) in [5, 5.41) is 2.47. The standard InChI is InChI=1S/C14H9NOS/c17-9-15-14-10-5-1-3-7-12(10)16-13-8-4-2-6-11(13)14/h1-8,14H. The first kappa shape index (κ1) is 10.2. The van der Waals surface area contributed by atoms with Crippen LogP contribution in [0.3, 0.4) is 0 Å². The summed E-state index contributed by atoms with van der Waals surface area (Å²) in [6.45, 7) is 0. The Labute approximate surface area is 105 Å². The van der Waals surface area contributed by atoms with Gasteiger partial charge in [0, 0.05) is 11.1 Å². The third kappa shape index (κ3) is 1.66. The number of thiocarbonyl (C=S) groups is 1. The summed E-state index contributed by atoms with van der Waals surface area (Å²) >= 11 is 4.73. The van der Waals surface area contributed by atoms with Crippen LogP contribution in [-0.4, -0.2) is 5.16 Å². The van der Waals surface area contributed by atoms with Crippen LogP contribution in [0.25, 0.3) is 0 Å². The molecule has 1 aliphatic heterocycles. The van der Waals surface area contributed by atoms with E-state index in [0.717, 1.165) is 22.6 Å². The molecule has 2 nitrogen and oxygen atoms in total. The first-order chi connectivity index (χ1) is 8.40. The number of isothiocyanates is 1. The van der Waals surface area contributed by atoms with Gasteiger partial charge in [0.05, 0.1) is 5.16 Å². The van der Waals surface area contributed by atoms with Crippen molar-refractivity contribution in [2.75, 3.05) is 0 Å². The molecule has 3 heteroatoms. The van der Waals surface area contributed by atoms with Gasteiger partial charge in [-0.15, -0.1) is 0 Å². The highest BCUT2D eigenvalue weighted by molar-refractivity contribution is 7.78. The van der Waals surface area contributed by atoms with E-state index in [1.165, 1.54) is 0 Å². The van der Waals surface area contributed by atoms with Crippen LogP contribution in [-0.2, 0) is 0 Å². The second-order valence-electron chi connectivity index (χ2n) is 3.80. The van der Waals surface area contributed by atoms with Gasteiger partial charge >= 0.3 is 0 Å². The maximum atomic E-state index is 5.83. The van der Waals surface area contributed by atoms with Gasteiger partial charge in [0.1, 0.15) is 17.5 Å². The van der Waals surface area contributed by atoms with E-state index in [2.05, 4.69) is 10.2 Å². The zero-order valence-corrected chi connectivity index (χ0v) is 9.78. The number of ether oxygens (including phenoxy) is 1. The highest BCUT2D eigenvalue weighted by Crippen LogP contribution is 2.44. The summed E-state index contributed by atoms with van der Waals surface area (Å²) in [5.74, 6) is 1.68. The first-order valence-electron chi connectivity index (χ1n) is 5.33. The number of fused-ring (bicyclic) bond motifs is 2. The van der Waals surface area contributed by atoms with Crippen LogP contribution >= 0.6 is 12.2 Å². The van der Waals surface area contributed by atoms with Gasteiger partial charge in [-0.1, -0.05) is 36.4 Å². The van der Waals surface area contributed by atoms with E-state index in [9.17, 15) is 0 Å². The number of nitrogens with zero attached hydrogens (tertiary/aromatic N) is 1. The van der Waals surface area contributed by atoms with Crippen LogP contribution in [0.1, 0.15) is 17.2 Å². The zero-order chi connectivity index (χ0) is 11.7. The van der Waals surface area contributed by atoms with Crippen molar-refractivity contribution in [2.24, 2.45) is 4.99 Å². The Morgan fingerprint density at radius 3 is 2.00 bits per heavy atom. The SMILES string of the molecule is S=C=NC1c2ccccc2Oc2ccccc21. The average Bonchev–Trinajstić information content (AvgIpc) is 2.39. The molecule has 0 saturated carbocycles.